The Morgan fingerprint density at radius 1 is 1.10 bits per heavy atom. The van der Waals surface area contributed by atoms with E-state index in [9.17, 15) is 4.79 Å². The number of benzene rings is 3. The van der Waals surface area contributed by atoms with Crippen LogP contribution >= 0.6 is 35.7 Å². The van der Waals surface area contributed by atoms with Crippen LogP contribution in [0.15, 0.2) is 87.6 Å². The largest absolute Gasteiger partial charge is 0.383 e. The van der Waals surface area contributed by atoms with Crippen molar-refractivity contribution in [3.05, 3.63) is 83.9 Å². The molecule has 39 heavy (non-hydrogen) atoms. The van der Waals surface area contributed by atoms with Crippen LogP contribution in [0.2, 0.25) is 0 Å². The molecule has 0 saturated carbocycles. The van der Waals surface area contributed by atoms with Crippen molar-refractivity contribution in [1.82, 2.24) is 5.32 Å². The summed E-state index contributed by atoms with van der Waals surface area (Å²) in [5.41, 5.74) is 10.4. The molecule has 1 unspecified atom stereocenters. The summed E-state index contributed by atoms with van der Waals surface area (Å²) in [7, 11) is 0. The number of amidine groups is 1. The van der Waals surface area contributed by atoms with Gasteiger partial charge in [-0.15, -0.1) is 24.0 Å². The van der Waals surface area contributed by atoms with Crippen molar-refractivity contribution >= 4 is 58.9 Å². The number of nitrogens with two attached hydrogens (primary N) is 1. The summed E-state index contributed by atoms with van der Waals surface area (Å²) in [6, 6.07) is 23.3. The number of carbonyl (C=O) groups is 1. The van der Waals surface area contributed by atoms with Crippen molar-refractivity contribution in [2.45, 2.75) is 61.5 Å². The molecule has 3 atom stereocenters. The van der Waals surface area contributed by atoms with Crippen LogP contribution in [0.4, 0.5) is 11.4 Å². The first-order valence-corrected chi connectivity index (χ1v) is 13.9. The summed E-state index contributed by atoms with van der Waals surface area (Å²) in [4.78, 5) is 20.4. The predicted octanol–water partition coefficient (Wildman–Crippen LogP) is 6.08. The maximum Gasteiger partial charge on any atom is 0.245 e. The minimum atomic E-state index is -0.607. The highest BCUT2D eigenvalue weighted by Crippen LogP contribution is 2.44. The van der Waals surface area contributed by atoms with Gasteiger partial charge in [-0.1, -0.05) is 74.1 Å². The van der Waals surface area contributed by atoms with E-state index in [0.717, 1.165) is 27.4 Å². The van der Waals surface area contributed by atoms with Gasteiger partial charge in [-0.05, 0) is 48.6 Å². The van der Waals surface area contributed by atoms with Crippen molar-refractivity contribution in [1.29, 1.82) is 0 Å². The van der Waals surface area contributed by atoms with Crippen LogP contribution in [0.25, 0.3) is 0 Å². The molecule has 9 heteroatoms. The van der Waals surface area contributed by atoms with Crippen molar-refractivity contribution in [3.63, 3.8) is 0 Å². The monoisotopic (exact) mass is 658 g/mol. The third kappa shape index (κ3) is 7.53. The third-order valence-corrected chi connectivity index (χ3v) is 7.72. The van der Waals surface area contributed by atoms with Crippen LogP contribution in [0.3, 0.4) is 0 Å². The van der Waals surface area contributed by atoms with Crippen molar-refractivity contribution in [3.8, 4) is 0 Å². The van der Waals surface area contributed by atoms with Crippen molar-refractivity contribution in [2.75, 3.05) is 11.9 Å². The molecule has 1 saturated heterocycles. The Labute approximate surface area is 251 Å². The molecule has 3 aromatic carbocycles. The van der Waals surface area contributed by atoms with Crippen LogP contribution in [0.1, 0.15) is 37.8 Å². The molecular weight excluding hydrogens is 623 g/mol. The number of fused-ring (bicyclic) bond motifs is 2. The normalized spacial score (nSPS) is 18.9. The first kappa shape index (κ1) is 29.4. The van der Waals surface area contributed by atoms with Gasteiger partial charge in [0.25, 0.3) is 0 Å². The molecule has 0 spiro atoms. The van der Waals surface area contributed by atoms with Crippen LogP contribution in [-0.2, 0) is 20.9 Å². The molecule has 206 valence electrons. The van der Waals surface area contributed by atoms with E-state index in [1.807, 2.05) is 60.7 Å². The second-order valence-electron chi connectivity index (χ2n) is 10.0. The fourth-order valence-corrected chi connectivity index (χ4v) is 5.57. The first-order chi connectivity index (χ1) is 18.5. The molecule has 2 aliphatic heterocycles. The number of nitrogens with one attached hydrogen (secondary N) is 2. The second-order valence-corrected chi connectivity index (χ2v) is 11.1. The van der Waals surface area contributed by atoms with Gasteiger partial charge in [0.1, 0.15) is 11.9 Å². The Balaban J connectivity index is 0.00000353. The highest BCUT2D eigenvalue weighted by Gasteiger charge is 2.32. The maximum absolute atomic E-state index is 13.4. The minimum absolute atomic E-state index is 0. The Morgan fingerprint density at radius 3 is 2.64 bits per heavy atom. The molecule has 4 N–H and O–H groups in total. The molecule has 1 fully saturated rings. The number of aliphatic imine (C=N–C) groups is 1. The Kier molecular flexibility index (Phi) is 10.3. The predicted molar refractivity (Wildman–Crippen MR) is 167 cm³/mol. The van der Waals surface area contributed by atoms with Gasteiger partial charge in [-0.2, -0.15) is 0 Å². The minimum Gasteiger partial charge on any atom is -0.383 e. The average molecular weight is 659 g/mol. The number of rotatable bonds is 9. The highest BCUT2D eigenvalue weighted by atomic mass is 127. The van der Waals surface area contributed by atoms with E-state index in [-0.39, 0.29) is 41.8 Å². The summed E-state index contributed by atoms with van der Waals surface area (Å²) in [6.45, 7) is 5.11. The summed E-state index contributed by atoms with van der Waals surface area (Å²) in [5.74, 6) is 0.454. The number of nitrogens with zero attached hydrogens (tertiary/aromatic N) is 1. The lowest BCUT2D eigenvalue weighted by Gasteiger charge is -2.23. The van der Waals surface area contributed by atoms with Crippen molar-refractivity contribution < 1.29 is 14.3 Å². The lowest BCUT2D eigenvalue weighted by atomic mass is 10.0. The molecule has 0 aromatic heterocycles. The molecular formula is C30H35IN4O3S. The Hall–Kier alpha value is -2.60. The summed E-state index contributed by atoms with van der Waals surface area (Å²) >= 11 is 1.72. The van der Waals surface area contributed by atoms with Crippen LogP contribution in [0.5, 0.6) is 0 Å². The van der Waals surface area contributed by atoms with Gasteiger partial charge >= 0.3 is 0 Å². The number of hydrogen-bond donors (Lipinski definition) is 3. The SMILES string of the molecule is CC(C)C[C@H](N=C(N)c1ccc2c(c1)Nc1ccccc1S2)C(=O)N[C@H]1CCOC1OCc1ccccc1.I. The van der Waals surface area contributed by atoms with E-state index in [2.05, 4.69) is 36.6 Å². The van der Waals surface area contributed by atoms with E-state index in [4.69, 9.17) is 20.2 Å². The molecule has 2 heterocycles. The van der Waals surface area contributed by atoms with Gasteiger partial charge in [-0.3, -0.25) is 9.79 Å². The van der Waals surface area contributed by atoms with Gasteiger partial charge in [0.15, 0.2) is 6.29 Å². The van der Waals surface area contributed by atoms with Gasteiger partial charge < -0.3 is 25.8 Å². The zero-order valence-corrected chi connectivity index (χ0v) is 25.3. The zero-order chi connectivity index (χ0) is 26.5. The first-order valence-electron chi connectivity index (χ1n) is 13.1. The highest BCUT2D eigenvalue weighted by molar-refractivity contribution is 14.0. The summed E-state index contributed by atoms with van der Waals surface area (Å²) < 4.78 is 11.8. The van der Waals surface area contributed by atoms with E-state index >= 15 is 0 Å². The fraction of sp³-hybridized carbons (Fsp3) is 0.333. The van der Waals surface area contributed by atoms with Gasteiger partial charge in [0, 0.05) is 15.4 Å². The van der Waals surface area contributed by atoms with Crippen LogP contribution in [-0.4, -0.2) is 36.7 Å². The summed E-state index contributed by atoms with van der Waals surface area (Å²) in [5, 5.41) is 6.60. The maximum atomic E-state index is 13.4. The number of ether oxygens (including phenoxy) is 2. The number of amides is 1. The lowest BCUT2D eigenvalue weighted by molar-refractivity contribution is -0.139. The van der Waals surface area contributed by atoms with Crippen molar-refractivity contribution in [2.24, 2.45) is 16.6 Å². The van der Waals surface area contributed by atoms with E-state index < -0.39 is 12.3 Å². The number of anilines is 2. The molecule has 2 aliphatic rings. The second kappa shape index (κ2) is 13.6. The quantitative estimate of drug-likeness (QED) is 0.115. The summed E-state index contributed by atoms with van der Waals surface area (Å²) in [6.07, 6.45) is 0.781. The Morgan fingerprint density at radius 2 is 1.85 bits per heavy atom. The molecule has 5 rings (SSSR count). The smallest absolute Gasteiger partial charge is 0.245 e. The molecule has 0 aliphatic carbocycles. The number of halogens is 1. The van der Waals surface area contributed by atoms with E-state index in [0.29, 0.717) is 31.9 Å². The Bertz CT molecular complexity index is 1300. The molecule has 7 nitrogen and oxygen atoms in total. The lowest BCUT2D eigenvalue weighted by Crippen LogP contribution is -2.46. The number of para-hydroxylation sites is 1. The van der Waals surface area contributed by atoms with E-state index in [1.165, 1.54) is 4.90 Å². The fourth-order valence-electron chi connectivity index (χ4n) is 4.61. The molecule has 0 radical (unpaired) electrons. The standard InChI is InChI=1S/C30H34N4O3S.HI/c1-19(2)16-25(29(35)34-23-14-15-36-30(23)37-18-20-8-4-3-5-9-20)33-28(31)21-12-13-27-24(17-21)32-22-10-6-7-11-26(22)38-27;/h3-13,17,19,23,25,30,32H,14-16,18H2,1-2H3,(H2,31,33)(H,34,35);1H/t23-,25-,30?;/m0./s1. The zero-order valence-electron chi connectivity index (χ0n) is 22.1. The van der Waals surface area contributed by atoms with Gasteiger partial charge in [-0.25, -0.2) is 0 Å². The van der Waals surface area contributed by atoms with E-state index in [1.54, 1.807) is 11.8 Å². The number of carbonyl (C=O) groups excluding carboxylic acids is 1. The van der Waals surface area contributed by atoms with Gasteiger partial charge in [0.2, 0.25) is 5.91 Å². The van der Waals surface area contributed by atoms with Crippen LogP contribution in [0, 0.1) is 5.92 Å². The number of hydrogen-bond acceptors (Lipinski definition) is 6. The topological polar surface area (TPSA) is 98.0 Å². The third-order valence-electron chi connectivity index (χ3n) is 6.57. The van der Waals surface area contributed by atoms with Crippen LogP contribution < -0.4 is 16.4 Å². The molecule has 0 bridgehead atoms. The molecule has 1 amide bonds. The molecule has 3 aromatic rings. The average Bonchev–Trinajstić information content (AvgIpc) is 3.37. The van der Waals surface area contributed by atoms with Gasteiger partial charge in [0.05, 0.1) is 30.6 Å².